The van der Waals surface area contributed by atoms with Crippen LogP contribution in [0.5, 0.6) is 5.75 Å². The van der Waals surface area contributed by atoms with E-state index in [4.69, 9.17) is 14.2 Å². The molecule has 0 amide bonds. The third-order valence-electron chi connectivity index (χ3n) is 7.74. The van der Waals surface area contributed by atoms with Gasteiger partial charge in [0.1, 0.15) is 18.1 Å². The van der Waals surface area contributed by atoms with E-state index in [2.05, 4.69) is 30.1 Å². The number of fused-ring (bicyclic) bond motifs is 1. The smallest absolute Gasteiger partial charge is 0.181 e. The minimum absolute atomic E-state index is 0.128. The quantitative estimate of drug-likeness (QED) is 0.221. The van der Waals surface area contributed by atoms with Crippen molar-refractivity contribution in [1.29, 1.82) is 0 Å². The Morgan fingerprint density at radius 2 is 2.06 bits per heavy atom. The van der Waals surface area contributed by atoms with Gasteiger partial charge in [-0.1, -0.05) is 38.0 Å². The second-order valence-electron chi connectivity index (χ2n) is 10.6. The molecule has 1 saturated heterocycles. The molecular formula is C31H43NO4. The van der Waals surface area contributed by atoms with Crippen molar-refractivity contribution in [3.8, 4) is 5.75 Å². The summed E-state index contributed by atoms with van der Waals surface area (Å²) in [6.45, 7) is 3.59. The maximum Gasteiger partial charge on any atom is 0.181 e. The summed E-state index contributed by atoms with van der Waals surface area (Å²) < 4.78 is 16.9. The molecule has 1 unspecified atom stereocenters. The van der Waals surface area contributed by atoms with Crippen LogP contribution in [0.2, 0.25) is 0 Å². The molecule has 2 heterocycles. The van der Waals surface area contributed by atoms with Gasteiger partial charge in [-0.25, -0.2) is 4.98 Å². The van der Waals surface area contributed by atoms with E-state index in [1.165, 1.54) is 36.0 Å². The fourth-order valence-electron chi connectivity index (χ4n) is 5.58. The lowest BCUT2D eigenvalue weighted by Gasteiger charge is -2.24. The van der Waals surface area contributed by atoms with Gasteiger partial charge in [-0.3, -0.25) is 4.79 Å². The zero-order valence-electron chi connectivity index (χ0n) is 22.2. The highest BCUT2D eigenvalue weighted by atomic mass is 16.5. The first kappa shape index (κ1) is 26.8. The molecule has 0 radical (unpaired) electrons. The Morgan fingerprint density at radius 3 is 2.81 bits per heavy atom. The molecule has 1 fully saturated rings. The van der Waals surface area contributed by atoms with Crippen LogP contribution < -0.4 is 4.74 Å². The van der Waals surface area contributed by atoms with Gasteiger partial charge in [0.15, 0.2) is 5.78 Å². The van der Waals surface area contributed by atoms with Gasteiger partial charge in [-0.05, 0) is 92.5 Å². The Morgan fingerprint density at radius 1 is 1.14 bits per heavy atom. The summed E-state index contributed by atoms with van der Waals surface area (Å²) in [7, 11) is 1.83. The largest absolute Gasteiger partial charge is 0.489 e. The maximum atomic E-state index is 12.9. The molecule has 0 spiro atoms. The molecule has 0 saturated carbocycles. The van der Waals surface area contributed by atoms with Gasteiger partial charge in [-0.2, -0.15) is 0 Å². The van der Waals surface area contributed by atoms with E-state index in [-0.39, 0.29) is 11.9 Å². The molecule has 4 rings (SSSR count). The summed E-state index contributed by atoms with van der Waals surface area (Å²) in [5.74, 6) is 1.21. The van der Waals surface area contributed by atoms with E-state index < -0.39 is 0 Å². The molecule has 2 aliphatic rings. The average Bonchev–Trinajstić information content (AvgIpc) is 3.43. The maximum absolute atomic E-state index is 12.9. The number of rotatable bonds is 14. The van der Waals surface area contributed by atoms with Crippen LogP contribution in [0.3, 0.4) is 0 Å². The number of benzene rings is 1. The van der Waals surface area contributed by atoms with Crippen LogP contribution in [0.1, 0.15) is 91.9 Å². The highest BCUT2D eigenvalue weighted by Crippen LogP contribution is 2.30. The second kappa shape index (κ2) is 13.9. The number of Topliss-reactive ketones (excluding diaryl/α,β-unsaturated/α-hetero) is 1. The number of unbranched alkanes of at least 4 members (excludes halogenated alkanes) is 1. The van der Waals surface area contributed by atoms with Crippen LogP contribution in [0.25, 0.3) is 0 Å². The lowest BCUT2D eigenvalue weighted by atomic mass is 9.80. The van der Waals surface area contributed by atoms with Crippen molar-refractivity contribution in [3.63, 3.8) is 0 Å². The number of hydrogen-bond acceptors (Lipinski definition) is 5. The molecule has 1 aromatic heterocycles. The Balaban J connectivity index is 1.21. The van der Waals surface area contributed by atoms with Crippen LogP contribution in [0.4, 0.5) is 0 Å². The van der Waals surface area contributed by atoms with Crippen molar-refractivity contribution in [2.24, 2.45) is 5.92 Å². The third-order valence-corrected chi connectivity index (χ3v) is 7.74. The van der Waals surface area contributed by atoms with Crippen molar-refractivity contribution >= 4 is 5.78 Å². The normalized spacial score (nSPS) is 20.2. The number of carbonyl (C=O) groups excluding carboxylic acids is 1. The van der Waals surface area contributed by atoms with E-state index in [9.17, 15) is 4.79 Å². The predicted molar refractivity (Wildman–Crippen MR) is 143 cm³/mol. The van der Waals surface area contributed by atoms with Gasteiger partial charge in [0.2, 0.25) is 0 Å². The Hall–Kier alpha value is -2.24. The molecule has 3 atom stereocenters. The molecule has 0 N–H and O–H groups in total. The summed E-state index contributed by atoms with van der Waals surface area (Å²) in [5, 5.41) is 0. The Kier molecular flexibility index (Phi) is 10.4. The van der Waals surface area contributed by atoms with E-state index in [0.29, 0.717) is 36.5 Å². The van der Waals surface area contributed by atoms with E-state index in [0.717, 1.165) is 58.0 Å². The zero-order valence-corrected chi connectivity index (χ0v) is 22.2. The first-order valence-electron chi connectivity index (χ1n) is 14.0. The minimum atomic E-state index is 0.128. The van der Waals surface area contributed by atoms with Crippen molar-refractivity contribution in [2.45, 2.75) is 96.2 Å². The average molecular weight is 494 g/mol. The predicted octanol–water partition coefficient (Wildman–Crippen LogP) is 6.55. The molecule has 1 aliphatic heterocycles. The Bertz CT molecular complexity index is 952. The van der Waals surface area contributed by atoms with Gasteiger partial charge in [0, 0.05) is 20.1 Å². The number of pyridine rings is 1. The van der Waals surface area contributed by atoms with Gasteiger partial charge in [0.25, 0.3) is 0 Å². The van der Waals surface area contributed by atoms with Crippen LogP contribution >= 0.6 is 0 Å². The highest BCUT2D eigenvalue weighted by molar-refractivity contribution is 5.94. The minimum Gasteiger partial charge on any atom is -0.489 e. The van der Waals surface area contributed by atoms with Crippen molar-refractivity contribution in [1.82, 2.24) is 4.98 Å². The number of hydrogen-bond donors (Lipinski definition) is 0. The summed E-state index contributed by atoms with van der Waals surface area (Å²) in [4.78, 5) is 17.3. The number of aryl methyl sites for hydroxylation is 2. The second-order valence-corrected chi connectivity index (χ2v) is 10.6. The first-order chi connectivity index (χ1) is 17.6. The molecule has 2 aromatic rings. The van der Waals surface area contributed by atoms with E-state index in [1.54, 1.807) is 12.3 Å². The Labute approximate surface area is 216 Å². The van der Waals surface area contributed by atoms with E-state index >= 15 is 0 Å². The molecule has 0 bridgehead atoms. The highest BCUT2D eigenvalue weighted by Gasteiger charge is 2.23. The lowest BCUT2D eigenvalue weighted by Crippen LogP contribution is -2.19. The van der Waals surface area contributed by atoms with Crippen LogP contribution in [0.15, 0.2) is 36.5 Å². The summed E-state index contributed by atoms with van der Waals surface area (Å²) in [6.07, 6.45) is 15.1. The molecule has 5 nitrogen and oxygen atoms in total. The summed E-state index contributed by atoms with van der Waals surface area (Å²) >= 11 is 0. The van der Waals surface area contributed by atoms with Crippen LogP contribution in [0, 0.1) is 5.92 Å². The van der Waals surface area contributed by atoms with E-state index in [1.807, 2.05) is 13.2 Å². The van der Waals surface area contributed by atoms with Crippen LogP contribution in [-0.2, 0) is 28.7 Å². The van der Waals surface area contributed by atoms with Crippen LogP contribution in [-0.4, -0.2) is 43.3 Å². The monoisotopic (exact) mass is 493 g/mol. The van der Waals surface area contributed by atoms with Gasteiger partial charge in [0.05, 0.1) is 18.4 Å². The number of carbonyl (C=O) groups is 1. The van der Waals surface area contributed by atoms with Crippen molar-refractivity contribution in [3.05, 3.63) is 58.9 Å². The lowest BCUT2D eigenvalue weighted by molar-refractivity contribution is 0.0678. The number of methoxy groups -OCH3 is 1. The topological polar surface area (TPSA) is 57.7 Å². The first-order valence-corrected chi connectivity index (χ1v) is 14.0. The number of nitrogens with zero attached hydrogens (tertiary/aromatic N) is 1. The number of ether oxygens (including phenoxy) is 3. The fraction of sp³-hybridized carbons (Fsp3) is 0.613. The van der Waals surface area contributed by atoms with Crippen molar-refractivity contribution < 1.29 is 19.0 Å². The van der Waals surface area contributed by atoms with Gasteiger partial charge in [-0.15, -0.1) is 0 Å². The SMILES string of the molecule is CCCC(CCCCc1ccc2c(c1)CC[C@H](CC(=O)c1ccc(OC[C@@H]3CCCO3)cn1)C2)OC. The number of aromatic nitrogens is 1. The molecule has 36 heavy (non-hydrogen) atoms. The molecule has 196 valence electrons. The van der Waals surface area contributed by atoms with Crippen molar-refractivity contribution in [2.75, 3.05) is 20.3 Å². The fourth-order valence-corrected chi connectivity index (χ4v) is 5.58. The van der Waals surface area contributed by atoms with Gasteiger partial charge >= 0.3 is 0 Å². The summed E-state index contributed by atoms with van der Waals surface area (Å²) in [5.41, 5.74) is 4.87. The standard InChI is InChI=1S/C31H43NO4/c1-3-7-27(34-2)9-5-4-8-23-11-13-26-19-24(12-14-25(26)18-23)20-31(33)30-16-15-28(21-32-30)36-22-29-10-6-17-35-29/h11,13,15-16,18,21,24,27,29H,3-10,12,14,17,19-20,22H2,1-2H3/t24-,27?,29-/m0/s1. The molecule has 1 aromatic carbocycles. The summed E-state index contributed by atoms with van der Waals surface area (Å²) in [6, 6.07) is 10.7. The zero-order chi connectivity index (χ0) is 25.2. The molecule has 1 aliphatic carbocycles. The molecular weight excluding hydrogens is 450 g/mol. The molecule has 5 heteroatoms. The third kappa shape index (κ3) is 7.88. The van der Waals surface area contributed by atoms with Gasteiger partial charge < -0.3 is 14.2 Å². The number of ketones is 1.